The summed E-state index contributed by atoms with van der Waals surface area (Å²) in [5, 5.41) is 19.4. The Hall–Kier alpha value is -3.19. The third-order valence-electron chi connectivity index (χ3n) is 3.32. The van der Waals surface area contributed by atoms with Crippen LogP contribution in [0.1, 0.15) is 20.7 Å². The second kappa shape index (κ2) is 6.51. The Balaban J connectivity index is 1.93. The van der Waals surface area contributed by atoms with Crippen molar-refractivity contribution >= 4 is 29.2 Å². The van der Waals surface area contributed by atoms with Crippen molar-refractivity contribution in [2.24, 2.45) is 0 Å². The number of nitrogens with one attached hydrogen (secondary N) is 1. The van der Waals surface area contributed by atoms with Gasteiger partial charge in [0, 0.05) is 5.69 Å². The molecule has 0 bridgehead atoms. The van der Waals surface area contributed by atoms with Crippen LogP contribution in [0.3, 0.4) is 0 Å². The van der Waals surface area contributed by atoms with Gasteiger partial charge in [0.25, 0.3) is 5.91 Å². The normalized spacial score (nSPS) is 10.4. The van der Waals surface area contributed by atoms with Crippen molar-refractivity contribution in [2.75, 3.05) is 5.32 Å². The second-order valence-electron chi connectivity index (χ2n) is 4.84. The zero-order valence-electron chi connectivity index (χ0n) is 12.2. The molecule has 1 heterocycles. The zero-order valence-corrected chi connectivity index (χ0v) is 12.9. The quantitative estimate of drug-likeness (QED) is 0.759. The van der Waals surface area contributed by atoms with Crippen molar-refractivity contribution < 1.29 is 14.7 Å². The first-order valence-corrected chi connectivity index (χ1v) is 7.22. The topological polar surface area (TPSA) is 97.1 Å². The molecule has 120 valence electrons. The molecule has 0 saturated carbocycles. The van der Waals surface area contributed by atoms with E-state index in [1.54, 1.807) is 34.9 Å². The highest BCUT2D eigenvalue weighted by molar-refractivity contribution is 6.34. The Labute approximate surface area is 141 Å². The van der Waals surface area contributed by atoms with E-state index in [4.69, 9.17) is 11.6 Å². The molecule has 7 nitrogen and oxygen atoms in total. The number of anilines is 1. The summed E-state index contributed by atoms with van der Waals surface area (Å²) in [5.41, 5.74) is 1.06. The van der Waals surface area contributed by atoms with E-state index < -0.39 is 11.9 Å². The summed E-state index contributed by atoms with van der Waals surface area (Å²) in [4.78, 5) is 23.7. The Morgan fingerprint density at radius 2 is 1.75 bits per heavy atom. The number of amides is 1. The van der Waals surface area contributed by atoms with Crippen molar-refractivity contribution in [3.05, 3.63) is 71.3 Å². The van der Waals surface area contributed by atoms with E-state index >= 15 is 0 Å². The summed E-state index contributed by atoms with van der Waals surface area (Å²) in [6, 6.07) is 11.0. The van der Waals surface area contributed by atoms with Crippen LogP contribution in [0, 0.1) is 0 Å². The van der Waals surface area contributed by atoms with Crippen LogP contribution in [0.4, 0.5) is 5.69 Å². The molecule has 0 aliphatic rings. The molecule has 0 radical (unpaired) electrons. The van der Waals surface area contributed by atoms with Gasteiger partial charge in [0.1, 0.15) is 12.7 Å². The van der Waals surface area contributed by atoms with Crippen LogP contribution in [-0.4, -0.2) is 31.7 Å². The summed E-state index contributed by atoms with van der Waals surface area (Å²) >= 11 is 6.10. The third kappa shape index (κ3) is 3.11. The number of carbonyl (C=O) groups is 2. The van der Waals surface area contributed by atoms with Gasteiger partial charge in [-0.15, -0.1) is 10.2 Å². The number of halogens is 1. The van der Waals surface area contributed by atoms with E-state index in [1.165, 1.54) is 24.8 Å². The first-order chi connectivity index (χ1) is 11.6. The standard InChI is InChI=1S/C16H11ClN4O3/c17-13-6-5-10(21-8-18-19-9-21)7-12(13)15(22)20-14-4-2-1-3-11(14)16(23)24/h1-9H,(H,20,22)(H,23,24). The van der Waals surface area contributed by atoms with E-state index in [-0.39, 0.29) is 21.8 Å². The highest BCUT2D eigenvalue weighted by atomic mass is 35.5. The first-order valence-electron chi connectivity index (χ1n) is 6.84. The number of rotatable bonds is 4. The molecule has 0 unspecified atom stereocenters. The van der Waals surface area contributed by atoms with Crippen LogP contribution in [0.5, 0.6) is 0 Å². The molecule has 3 aromatic rings. The zero-order chi connectivity index (χ0) is 17.1. The summed E-state index contributed by atoms with van der Waals surface area (Å²) < 4.78 is 1.62. The molecule has 1 aromatic heterocycles. The number of nitrogens with zero attached hydrogens (tertiary/aromatic N) is 3. The molecule has 2 aromatic carbocycles. The monoisotopic (exact) mass is 342 g/mol. The number of aromatic carboxylic acids is 1. The van der Waals surface area contributed by atoms with Gasteiger partial charge in [0.15, 0.2) is 0 Å². The molecule has 24 heavy (non-hydrogen) atoms. The Morgan fingerprint density at radius 1 is 1.04 bits per heavy atom. The van der Waals surface area contributed by atoms with Gasteiger partial charge < -0.3 is 10.4 Å². The number of carbonyl (C=O) groups excluding carboxylic acids is 1. The van der Waals surface area contributed by atoms with Crippen molar-refractivity contribution in [3.8, 4) is 5.69 Å². The summed E-state index contributed by atoms with van der Waals surface area (Å²) in [6.07, 6.45) is 2.98. The van der Waals surface area contributed by atoms with E-state index in [1.807, 2.05) is 0 Å². The predicted octanol–water partition coefficient (Wildman–Crippen LogP) is 2.87. The molecule has 0 aliphatic heterocycles. The highest BCUT2D eigenvalue weighted by Crippen LogP contribution is 2.22. The van der Waals surface area contributed by atoms with Gasteiger partial charge in [0.2, 0.25) is 0 Å². The lowest BCUT2D eigenvalue weighted by Crippen LogP contribution is -2.15. The first kappa shape index (κ1) is 15.7. The van der Waals surface area contributed by atoms with Crippen molar-refractivity contribution in [3.63, 3.8) is 0 Å². The summed E-state index contributed by atoms with van der Waals surface area (Å²) in [6.45, 7) is 0. The minimum Gasteiger partial charge on any atom is -0.478 e. The predicted molar refractivity (Wildman–Crippen MR) is 87.7 cm³/mol. The van der Waals surface area contributed by atoms with Gasteiger partial charge in [0.05, 0.1) is 21.8 Å². The average molecular weight is 343 g/mol. The van der Waals surface area contributed by atoms with E-state index in [9.17, 15) is 14.7 Å². The molecule has 1 amide bonds. The molecule has 3 rings (SSSR count). The number of hydrogen-bond donors (Lipinski definition) is 2. The lowest BCUT2D eigenvalue weighted by atomic mass is 10.1. The fourth-order valence-electron chi connectivity index (χ4n) is 2.15. The number of para-hydroxylation sites is 1. The molecule has 2 N–H and O–H groups in total. The highest BCUT2D eigenvalue weighted by Gasteiger charge is 2.16. The van der Waals surface area contributed by atoms with Crippen molar-refractivity contribution in [2.45, 2.75) is 0 Å². The van der Waals surface area contributed by atoms with Crippen LogP contribution in [-0.2, 0) is 0 Å². The lowest BCUT2D eigenvalue weighted by Gasteiger charge is -2.11. The largest absolute Gasteiger partial charge is 0.478 e. The third-order valence-corrected chi connectivity index (χ3v) is 3.65. The summed E-state index contributed by atoms with van der Waals surface area (Å²) in [5.74, 6) is -1.64. The van der Waals surface area contributed by atoms with Gasteiger partial charge in [-0.3, -0.25) is 9.36 Å². The van der Waals surface area contributed by atoms with Crippen LogP contribution in [0.2, 0.25) is 5.02 Å². The smallest absolute Gasteiger partial charge is 0.337 e. The molecule has 8 heteroatoms. The minimum absolute atomic E-state index is 0.00284. The van der Waals surface area contributed by atoms with Gasteiger partial charge >= 0.3 is 5.97 Å². The van der Waals surface area contributed by atoms with Crippen molar-refractivity contribution in [1.82, 2.24) is 14.8 Å². The average Bonchev–Trinajstić information content (AvgIpc) is 3.10. The Kier molecular flexibility index (Phi) is 4.26. The maximum Gasteiger partial charge on any atom is 0.337 e. The van der Waals surface area contributed by atoms with Gasteiger partial charge in [-0.2, -0.15) is 0 Å². The molecular weight excluding hydrogens is 332 g/mol. The van der Waals surface area contributed by atoms with Gasteiger partial charge in [-0.25, -0.2) is 4.79 Å². The number of carboxylic acid groups (broad SMARTS) is 1. The number of hydrogen-bond acceptors (Lipinski definition) is 4. The van der Waals surface area contributed by atoms with E-state index in [2.05, 4.69) is 15.5 Å². The molecule has 0 atom stereocenters. The Morgan fingerprint density at radius 3 is 2.46 bits per heavy atom. The fraction of sp³-hybridized carbons (Fsp3) is 0. The molecule has 0 aliphatic carbocycles. The number of benzene rings is 2. The van der Waals surface area contributed by atoms with Crippen LogP contribution in [0.25, 0.3) is 5.69 Å². The van der Waals surface area contributed by atoms with Crippen LogP contribution < -0.4 is 5.32 Å². The van der Waals surface area contributed by atoms with Gasteiger partial charge in [-0.1, -0.05) is 23.7 Å². The SMILES string of the molecule is O=C(Nc1ccccc1C(=O)O)c1cc(-n2cnnc2)ccc1Cl. The number of carboxylic acids is 1. The molecular formula is C16H11ClN4O3. The van der Waals surface area contributed by atoms with Crippen molar-refractivity contribution in [1.29, 1.82) is 0 Å². The van der Waals surface area contributed by atoms with Gasteiger partial charge in [-0.05, 0) is 30.3 Å². The second-order valence-corrected chi connectivity index (χ2v) is 5.25. The maximum atomic E-state index is 12.5. The summed E-state index contributed by atoms with van der Waals surface area (Å²) in [7, 11) is 0. The molecule has 0 saturated heterocycles. The van der Waals surface area contributed by atoms with Crippen LogP contribution >= 0.6 is 11.6 Å². The maximum absolute atomic E-state index is 12.5. The van der Waals surface area contributed by atoms with Crippen LogP contribution in [0.15, 0.2) is 55.1 Å². The molecule has 0 fully saturated rings. The Bertz CT molecular complexity index is 909. The minimum atomic E-state index is -1.13. The molecule has 0 spiro atoms. The number of aromatic nitrogens is 3. The van der Waals surface area contributed by atoms with E-state index in [0.717, 1.165) is 0 Å². The van der Waals surface area contributed by atoms with E-state index in [0.29, 0.717) is 5.69 Å². The lowest BCUT2D eigenvalue weighted by molar-refractivity contribution is 0.0698. The fourth-order valence-corrected chi connectivity index (χ4v) is 2.35.